The first kappa shape index (κ1) is 16.4. The van der Waals surface area contributed by atoms with Crippen LogP contribution < -0.4 is 0 Å². The minimum Gasteiger partial charge on any atom is -0.143 e. The Hall–Kier alpha value is -1.64. The average Bonchev–Trinajstić information content (AvgIpc) is 2.43. The lowest BCUT2D eigenvalue weighted by Crippen LogP contribution is -1.55. The highest BCUT2D eigenvalue weighted by molar-refractivity contribution is 7.80. The third-order valence-corrected chi connectivity index (χ3v) is 2.78. The van der Waals surface area contributed by atoms with Gasteiger partial charge in [-0.2, -0.15) is 0 Å². The van der Waals surface area contributed by atoms with Gasteiger partial charge in [0.15, 0.2) is 0 Å². The SMILES string of the molecule is Sc1ccccccccc(S)cccccccc1. The monoisotopic (exact) mass is 298 g/mol. The minimum atomic E-state index is 0.905. The maximum Gasteiger partial charge on any atom is 0.00399 e. The van der Waals surface area contributed by atoms with Gasteiger partial charge in [0.2, 0.25) is 0 Å². The molecule has 0 bridgehead atoms. The van der Waals surface area contributed by atoms with Crippen molar-refractivity contribution in [3.63, 3.8) is 0 Å². The van der Waals surface area contributed by atoms with Crippen LogP contribution in [-0.2, 0) is 0 Å². The van der Waals surface area contributed by atoms with Crippen molar-refractivity contribution in [1.82, 2.24) is 0 Å². The zero-order chi connectivity index (χ0) is 14.5. The average molecular weight is 298 g/mol. The molecule has 0 unspecified atom stereocenters. The van der Waals surface area contributed by atoms with Crippen molar-refractivity contribution in [1.29, 1.82) is 0 Å². The van der Waals surface area contributed by atoms with Crippen LogP contribution in [0.4, 0.5) is 0 Å². The van der Waals surface area contributed by atoms with E-state index in [9.17, 15) is 0 Å². The molecular weight excluding hydrogens is 280 g/mol. The molecule has 0 fully saturated rings. The molecule has 0 spiro atoms. The van der Waals surface area contributed by atoms with Crippen LogP contribution in [0.15, 0.2) is 107 Å². The van der Waals surface area contributed by atoms with Crippen molar-refractivity contribution in [2.24, 2.45) is 0 Å². The van der Waals surface area contributed by atoms with Crippen LogP contribution >= 0.6 is 25.3 Å². The number of rotatable bonds is 0. The summed E-state index contributed by atoms with van der Waals surface area (Å²) in [6.45, 7) is 0. The molecule has 2 heteroatoms. The lowest BCUT2D eigenvalue weighted by molar-refractivity contribution is 1.51. The number of hydrogen-bond donors (Lipinski definition) is 2. The van der Waals surface area contributed by atoms with Gasteiger partial charge in [0.25, 0.3) is 0 Å². The Morgan fingerprint density at radius 3 is 0.800 bits per heavy atom. The lowest BCUT2D eigenvalue weighted by Gasteiger charge is -1.79. The first-order valence-corrected chi connectivity index (χ1v) is 7.16. The van der Waals surface area contributed by atoms with Crippen molar-refractivity contribution < 1.29 is 0 Å². The maximum absolute atomic E-state index is 4.36. The zero-order valence-electron chi connectivity index (χ0n) is 11.1. The fraction of sp³-hybridized carbons (Fsp3) is 0. The summed E-state index contributed by atoms with van der Waals surface area (Å²) in [7, 11) is 0. The molecule has 0 saturated heterocycles. The topological polar surface area (TPSA) is 0 Å². The smallest absolute Gasteiger partial charge is 0.00399 e. The Morgan fingerprint density at radius 1 is 0.350 bits per heavy atom. The van der Waals surface area contributed by atoms with E-state index < -0.39 is 0 Å². The van der Waals surface area contributed by atoms with E-state index in [1.54, 1.807) is 0 Å². The highest BCUT2D eigenvalue weighted by atomic mass is 32.1. The molecule has 1 aromatic rings. The van der Waals surface area contributed by atoms with Gasteiger partial charge in [0.1, 0.15) is 0 Å². The summed E-state index contributed by atoms with van der Waals surface area (Å²) < 4.78 is 0. The van der Waals surface area contributed by atoms with Gasteiger partial charge >= 0.3 is 0 Å². The third kappa shape index (κ3) is 9.31. The fourth-order valence-corrected chi connectivity index (χ4v) is 1.59. The van der Waals surface area contributed by atoms with Crippen LogP contribution in [0.1, 0.15) is 0 Å². The zero-order valence-corrected chi connectivity index (χ0v) is 12.9. The van der Waals surface area contributed by atoms with E-state index in [1.807, 2.05) is 97.1 Å². The molecule has 0 atom stereocenters. The van der Waals surface area contributed by atoms with Crippen LogP contribution in [0.5, 0.6) is 0 Å². The normalized spacial score (nSPS) is 8.50. The molecule has 102 valence electrons. The number of thiol groups is 2. The third-order valence-electron chi connectivity index (χ3n) is 2.18. The molecule has 0 nitrogen and oxygen atoms in total. The first-order valence-electron chi connectivity index (χ1n) is 6.27. The van der Waals surface area contributed by atoms with Gasteiger partial charge in [-0.05, 0) is 24.3 Å². The molecule has 0 N–H and O–H groups in total. The molecular formula is C18H18S2. The molecule has 0 aromatic heterocycles. The van der Waals surface area contributed by atoms with E-state index >= 15 is 0 Å². The van der Waals surface area contributed by atoms with Crippen molar-refractivity contribution in [3.05, 3.63) is 97.1 Å². The Bertz CT molecular complexity index is 478. The summed E-state index contributed by atoms with van der Waals surface area (Å²) in [6, 6.07) is 31.3. The predicted octanol–water partition coefficient (Wildman–Crippen LogP) is 5.64. The van der Waals surface area contributed by atoms with Crippen LogP contribution in [0, 0.1) is 0 Å². The van der Waals surface area contributed by atoms with E-state index in [1.165, 1.54) is 0 Å². The predicted molar refractivity (Wildman–Crippen MR) is 93.8 cm³/mol. The molecule has 0 radical (unpaired) electrons. The molecule has 20 heavy (non-hydrogen) atoms. The van der Waals surface area contributed by atoms with Gasteiger partial charge in [0, 0.05) is 9.79 Å². The van der Waals surface area contributed by atoms with Crippen molar-refractivity contribution in [2.45, 2.75) is 9.79 Å². The first-order chi connectivity index (χ1) is 9.79. The summed E-state index contributed by atoms with van der Waals surface area (Å²) in [4.78, 5) is 1.81. The Balaban J connectivity index is 3.19. The highest BCUT2D eigenvalue weighted by Crippen LogP contribution is 1.99. The van der Waals surface area contributed by atoms with Crippen LogP contribution in [-0.4, -0.2) is 0 Å². The molecule has 1 rings (SSSR count). The van der Waals surface area contributed by atoms with Crippen molar-refractivity contribution in [2.75, 3.05) is 0 Å². The number of hydrogen-bond acceptors (Lipinski definition) is 2. The van der Waals surface area contributed by atoms with E-state index in [-0.39, 0.29) is 0 Å². The van der Waals surface area contributed by atoms with Gasteiger partial charge in [-0.3, -0.25) is 0 Å². The largest absolute Gasteiger partial charge is 0.143 e. The summed E-state index contributed by atoms with van der Waals surface area (Å²) >= 11 is 8.71. The second-order valence-corrected chi connectivity index (χ2v) is 4.86. The summed E-state index contributed by atoms with van der Waals surface area (Å²) in [5.41, 5.74) is 0. The second-order valence-electron chi connectivity index (χ2n) is 3.83. The Labute approximate surface area is 132 Å². The van der Waals surface area contributed by atoms with Gasteiger partial charge in [-0.1, -0.05) is 72.8 Å². The summed E-state index contributed by atoms with van der Waals surface area (Å²) in [5, 5.41) is 0. The fourth-order valence-electron chi connectivity index (χ4n) is 1.24. The Kier molecular flexibility index (Phi) is 9.20. The molecule has 0 aliphatic heterocycles. The molecule has 0 aliphatic carbocycles. The van der Waals surface area contributed by atoms with Gasteiger partial charge in [-0.25, -0.2) is 0 Å². The minimum absolute atomic E-state index is 0.905. The van der Waals surface area contributed by atoms with Crippen molar-refractivity contribution in [3.8, 4) is 0 Å². The molecule has 0 saturated carbocycles. The van der Waals surface area contributed by atoms with Crippen LogP contribution in [0.2, 0.25) is 0 Å². The van der Waals surface area contributed by atoms with Crippen molar-refractivity contribution >= 4 is 25.3 Å². The Morgan fingerprint density at radius 2 is 0.550 bits per heavy atom. The molecule has 1 aromatic carbocycles. The quantitative estimate of drug-likeness (QED) is 0.569. The molecule has 0 aliphatic rings. The molecule has 0 heterocycles. The van der Waals surface area contributed by atoms with Crippen LogP contribution in [0.25, 0.3) is 0 Å². The highest BCUT2D eigenvalue weighted by Gasteiger charge is 1.71. The summed E-state index contributed by atoms with van der Waals surface area (Å²) in [6.07, 6.45) is 0. The van der Waals surface area contributed by atoms with Gasteiger partial charge < -0.3 is 0 Å². The van der Waals surface area contributed by atoms with Crippen LogP contribution in [0.3, 0.4) is 0 Å². The van der Waals surface area contributed by atoms with E-state index in [0.717, 1.165) is 9.79 Å². The van der Waals surface area contributed by atoms with E-state index in [2.05, 4.69) is 25.3 Å². The molecule has 0 amide bonds. The van der Waals surface area contributed by atoms with E-state index in [4.69, 9.17) is 0 Å². The van der Waals surface area contributed by atoms with E-state index in [0.29, 0.717) is 0 Å². The van der Waals surface area contributed by atoms with Gasteiger partial charge in [-0.15, -0.1) is 25.3 Å². The second kappa shape index (κ2) is 11.2. The summed E-state index contributed by atoms with van der Waals surface area (Å²) in [5.74, 6) is 0. The van der Waals surface area contributed by atoms with Gasteiger partial charge in [0.05, 0.1) is 0 Å². The standard InChI is InChI=1S/C18H18S2/c19-17-13-9-5-1-2-6-10-14-18(20)16-12-8-4-3-7-11-15-17/h1-16,19-20H. The maximum atomic E-state index is 4.36. The lowest BCUT2D eigenvalue weighted by atomic mass is 10.4.